The molecule has 0 bridgehead atoms. The van der Waals surface area contributed by atoms with Crippen molar-refractivity contribution in [3.8, 4) is 11.3 Å². The summed E-state index contributed by atoms with van der Waals surface area (Å²) in [7, 11) is 1.89. The summed E-state index contributed by atoms with van der Waals surface area (Å²) in [6.07, 6.45) is 1.83. The topological polar surface area (TPSA) is 102 Å². The number of carbonyl (C=O) groups is 1. The van der Waals surface area contributed by atoms with Crippen molar-refractivity contribution >= 4 is 17.4 Å². The first-order chi connectivity index (χ1) is 11.6. The summed E-state index contributed by atoms with van der Waals surface area (Å²) in [5, 5.41) is 15.4. The van der Waals surface area contributed by atoms with Gasteiger partial charge in [0.25, 0.3) is 0 Å². The molecule has 0 aliphatic heterocycles. The second-order valence-corrected chi connectivity index (χ2v) is 5.96. The number of amides is 1. The van der Waals surface area contributed by atoms with Crippen LogP contribution >= 0.6 is 0 Å². The van der Waals surface area contributed by atoms with E-state index in [1.165, 1.54) is 0 Å². The summed E-state index contributed by atoms with van der Waals surface area (Å²) < 4.78 is 1.82. The van der Waals surface area contributed by atoms with Gasteiger partial charge in [-0.1, -0.05) is 18.2 Å². The molecule has 0 saturated heterocycles. The molecule has 0 fully saturated rings. The average molecular weight is 322 g/mol. The predicted octanol–water partition coefficient (Wildman–Crippen LogP) is 1.68. The molecular formula is C17H18N6O. The van der Waals surface area contributed by atoms with E-state index in [4.69, 9.17) is 5.73 Å². The number of primary amides is 1. The maximum Gasteiger partial charge on any atom is 0.223 e. The Balaban J connectivity index is 1.79. The minimum absolute atomic E-state index is 0.164. The standard InChI is InChI=1S/C17H18N6O/c1-23-16-11(13(22-23)9-14(18)24)7-8-12-15(16)17(21-20-12)19-10-5-3-2-4-6-10/h2-6H,7-9H2,1H3,(H2,18,24)(H2,19,20,21). The Morgan fingerprint density at radius 1 is 1.33 bits per heavy atom. The van der Waals surface area contributed by atoms with Crippen molar-refractivity contribution in [2.24, 2.45) is 12.8 Å². The van der Waals surface area contributed by atoms with E-state index in [-0.39, 0.29) is 12.3 Å². The Morgan fingerprint density at radius 3 is 2.88 bits per heavy atom. The van der Waals surface area contributed by atoms with Gasteiger partial charge in [-0.25, -0.2) is 0 Å². The van der Waals surface area contributed by atoms with Gasteiger partial charge in [0.15, 0.2) is 5.82 Å². The van der Waals surface area contributed by atoms with Crippen molar-refractivity contribution in [2.75, 3.05) is 5.32 Å². The molecule has 1 amide bonds. The zero-order valence-corrected chi connectivity index (χ0v) is 13.3. The van der Waals surface area contributed by atoms with Gasteiger partial charge in [0.2, 0.25) is 5.91 Å². The van der Waals surface area contributed by atoms with Crippen LogP contribution < -0.4 is 11.1 Å². The van der Waals surface area contributed by atoms with E-state index in [1.807, 2.05) is 42.1 Å². The van der Waals surface area contributed by atoms with Gasteiger partial charge >= 0.3 is 0 Å². The van der Waals surface area contributed by atoms with E-state index in [0.29, 0.717) is 0 Å². The molecule has 122 valence electrons. The van der Waals surface area contributed by atoms with Crippen LogP contribution in [0.5, 0.6) is 0 Å². The molecule has 0 atom stereocenters. The van der Waals surface area contributed by atoms with Crippen LogP contribution in [0.4, 0.5) is 11.5 Å². The number of hydrogen-bond donors (Lipinski definition) is 3. The maximum atomic E-state index is 11.3. The zero-order chi connectivity index (χ0) is 16.7. The largest absolute Gasteiger partial charge is 0.369 e. The molecule has 24 heavy (non-hydrogen) atoms. The van der Waals surface area contributed by atoms with Gasteiger partial charge in [-0.2, -0.15) is 10.2 Å². The lowest BCUT2D eigenvalue weighted by atomic mass is 9.92. The Morgan fingerprint density at radius 2 is 2.12 bits per heavy atom. The first-order valence-corrected chi connectivity index (χ1v) is 7.86. The first-order valence-electron chi connectivity index (χ1n) is 7.86. The van der Waals surface area contributed by atoms with E-state index in [9.17, 15) is 4.79 Å². The number of nitrogens with one attached hydrogen (secondary N) is 2. The van der Waals surface area contributed by atoms with Crippen LogP contribution in [0.15, 0.2) is 30.3 Å². The van der Waals surface area contributed by atoms with Gasteiger partial charge in [0, 0.05) is 24.0 Å². The molecule has 0 spiro atoms. The summed E-state index contributed by atoms with van der Waals surface area (Å²) in [4.78, 5) is 11.3. The van der Waals surface area contributed by atoms with Gasteiger partial charge in [-0.15, -0.1) is 0 Å². The van der Waals surface area contributed by atoms with E-state index < -0.39 is 0 Å². The molecule has 4 rings (SSSR count). The molecule has 0 radical (unpaired) electrons. The van der Waals surface area contributed by atoms with Gasteiger partial charge < -0.3 is 11.1 Å². The molecule has 2 heterocycles. The number of aromatic amines is 1. The molecule has 2 aromatic heterocycles. The van der Waals surface area contributed by atoms with Gasteiger partial charge in [0.1, 0.15) is 0 Å². The van der Waals surface area contributed by atoms with Crippen molar-refractivity contribution in [1.29, 1.82) is 0 Å². The fourth-order valence-corrected chi connectivity index (χ4v) is 3.32. The summed E-state index contributed by atoms with van der Waals surface area (Å²) in [5.41, 5.74) is 11.3. The van der Waals surface area contributed by atoms with Gasteiger partial charge in [-0.05, 0) is 25.0 Å². The Labute approximate surface area is 138 Å². The molecule has 1 aromatic carbocycles. The average Bonchev–Trinajstić information content (AvgIpc) is 3.10. The molecule has 0 saturated carbocycles. The van der Waals surface area contributed by atoms with E-state index >= 15 is 0 Å². The summed E-state index contributed by atoms with van der Waals surface area (Å²) >= 11 is 0. The third-order valence-corrected chi connectivity index (χ3v) is 4.31. The highest BCUT2D eigenvalue weighted by atomic mass is 16.1. The zero-order valence-electron chi connectivity index (χ0n) is 13.3. The van der Waals surface area contributed by atoms with Gasteiger partial charge in [-0.3, -0.25) is 14.6 Å². The molecule has 3 aromatic rings. The number of nitrogens with two attached hydrogens (primary N) is 1. The van der Waals surface area contributed by atoms with Crippen molar-refractivity contribution in [3.05, 3.63) is 47.3 Å². The van der Waals surface area contributed by atoms with Crippen LogP contribution in [0, 0.1) is 0 Å². The second-order valence-electron chi connectivity index (χ2n) is 5.96. The molecule has 4 N–H and O–H groups in total. The normalized spacial score (nSPS) is 12.5. The molecule has 7 heteroatoms. The number of hydrogen-bond acceptors (Lipinski definition) is 4. The fraction of sp³-hybridized carbons (Fsp3) is 0.235. The third-order valence-electron chi connectivity index (χ3n) is 4.31. The van der Waals surface area contributed by atoms with Crippen LogP contribution in [0.2, 0.25) is 0 Å². The van der Waals surface area contributed by atoms with Crippen LogP contribution in [0.1, 0.15) is 17.0 Å². The monoisotopic (exact) mass is 322 g/mol. The number of aryl methyl sites for hydroxylation is 2. The number of benzene rings is 1. The maximum absolute atomic E-state index is 11.3. The number of aromatic nitrogens is 4. The highest BCUT2D eigenvalue weighted by Crippen LogP contribution is 2.39. The van der Waals surface area contributed by atoms with Crippen LogP contribution in [-0.2, 0) is 31.1 Å². The number of anilines is 2. The van der Waals surface area contributed by atoms with Gasteiger partial charge in [0.05, 0.1) is 23.4 Å². The lowest BCUT2D eigenvalue weighted by molar-refractivity contribution is -0.117. The van der Waals surface area contributed by atoms with E-state index in [1.54, 1.807) is 0 Å². The lowest BCUT2D eigenvalue weighted by Crippen LogP contribution is -2.15. The van der Waals surface area contributed by atoms with Crippen molar-refractivity contribution < 1.29 is 4.79 Å². The SMILES string of the molecule is Cn1nc(CC(N)=O)c2c1-c1c(Nc3ccccc3)n[nH]c1CC2. The number of H-pyrrole nitrogens is 1. The highest BCUT2D eigenvalue weighted by molar-refractivity contribution is 5.84. The van der Waals surface area contributed by atoms with Crippen LogP contribution in [0.3, 0.4) is 0 Å². The Kier molecular flexibility index (Phi) is 3.34. The lowest BCUT2D eigenvalue weighted by Gasteiger charge is -2.15. The molecule has 1 aliphatic rings. The Hall–Kier alpha value is -3.09. The predicted molar refractivity (Wildman–Crippen MR) is 90.8 cm³/mol. The molecule has 7 nitrogen and oxygen atoms in total. The smallest absolute Gasteiger partial charge is 0.223 e. The van der Waals surface area contributed by atoms with Crippen LogP contribution in [0.25, 0.3) is 11.3 Å². The summed E-state index contributed by atoms with van der Waals surface area (Å²) in [5.74, 6) is 0.405. The highest BCUT2D eigenvalue weighted by Gasteiger charge is 2.29. The minimum Gasteiger partial charge on any atom is -0.369 e. The number of fused-ring (bicyclic) bond motifs is 3. The molecule has 0 unspecified atom stereocenters. The Bertz CT molecular complexity index is 909. The van der Waals surface area contributed by atoms with E-state index in [0.717, 1.165) is 52.6 Å². The number of carbonyl (C=O) groups excluding carboxylic acids is 1. The van der Waals surface area contributed by atoms with Crippen molar-refractivity contribution in [2.45, 2.75) is 19.3 Å². The molecule has 1 aliphatic carbocycles. The van der Waals surface area contributed by atoms with Crippen molar-refractivity contribution in [1.82, 2.24) is 20.0 Å². The fourth-order valence-electron chi connectivity index (χ4n) is 3.32. The number of nitrogens with zero attached hydrogens (tertiary/aromatic N) is 3. The second kappa shape index (κ2) is 5.52. The van der Waals surface area contributed by atoms with E-state index in [2.05, 4.69) is 20.6 Å². The molecular weight excluding hydrogens is 304 g/mol. The summed E-state index contributed by atoms with van der Waals surface area (Å²) in [6, 6.07) is 9.91. The van der Waals surface area contributed by atoms with Crippen LogP contribution in [-0.4, -0.2) is 25.9 Å². The van der Waals surface area contributed by atoms with Crippen molar-refractivity contribution in [3.63, 3.8) is 0 Å². The summed E-state index contributed by atoms with van der Waals surface area (Å²) in [6.45, 7) is 0. The third kappa shape index (κ3) is 2.34. The number of para-hydroxylation sites is 1. The quantitative estimate of drug-likeness (QED) is 0.680. The number of rotatable bonds is 4. The minimum atomic E-state index is -0.364. The first kappa shape index (κ1) is 14.5.